The molecule has 1 aliphatic carbocycles. The number of nitrogens with zero attached hydrogens (tertiary/aromatic N) is 2. The van der Waals surface area contributed by atoms with Crippen molar-refractivity contribution in [3.63, 3.8) is 0 Å². The summed E-state index contributed by atoms with van der Waals surface area (Å²) in [5, 5.41) is 8.84. The van der Waals surface area contributed by atoms with E-state index >= 15 is 0 Å². The van der Waals surface area contributed by atoms with Crippen LogP contribution in [-0.4, -0.2) is 31.1 Å². The average molecular weight is 377 g/mol. The molecule has 1 aromatic heterocycles. The quantitative estimate of drug-likeness (QED) is 0.570. The van der Waals surface area contributed by atoms with Crippen LogP contribution in [0.2, 0.25) is 5.02 Å². The molecule has 2 N–H and O–H groups in total. The van der Waals surface area contributed by atoms with Crippen molar-refractivity contribution >= 4 is 28.9 Å². The Labute approximate surface area is 158 Å². The summed E-state index contributed by atoms with van der Waals surface area (Å²) < 4.78 is 0. The summed E-state index contributed by atoms with van der Waals surface area (Å²) in [6, 6.07) is 8.23. The molecule has 1 aliphatic rings. The zero-order chi connectivity index (χ0) is 17.7. The predicted octanol–water partition coefficient (Wildman–Crippen LogP) is 3.80. The van der Waals surface area contributed by atoms with Crippen molar-refractivity contribution in [2.24, 2.45) is 4.99 Å². The van der Waals surface area contributed by atoms with Crippen molar-refractivity contribution in [3.8, 4) is 0 Å². The van der Waals surface area contributed by atoms with E-state index in [0.29, 0.717) is 0 Å². The van der Waals surface area contributed by atoms with Crippen LogP contribution < -0.4 is 10.6 Å². The van der Waals surface area contributed by atoms with E-state index in [1.54, 1.807) is 11.3 Å². The minimum Gasteiger partial charge on any atom is -0.356 e. The van der Waals surface area contributed by atoms with E-state index in [1.807, 2.05) is 25.4 Å². The second-order valence-electron chi connectivity index (χ2n) is 6.46. The van der Waals surface area contributed by atoms with Crippen LogP contribution in [0.3, 0.4) is 0 Å². The fourth-order valence-corrected chi connectivity index (χ4v) is 3.90. The number of guanidine groups is 1. The molecule has 0 spiro atoms. The Kier molecular flexibility index (Phi) is 5.97. The first kappa shape index (κ1) is 18.2. The van der Waals surface area contributed by atoms with Crippen LogP contribution in [-0.2, 0) is 18.3 Å². The third-order valence-corrected chi connectivity index (χ3v) is 6.16. The number of hydrogen-bond acceptors (Lipinski definition) is 3. The van der Waals surface area contributed by atoms with Crippen molar-refractivity contribution < 1.29 is 0 Å². The van der Waals surface area contributed by atoms with Gasteiger partial charge in [-0.15, -0.1) is 11.3 Å². The number of aryl methyl sites for hydroxylation is 1. The van der Waals surface area contributed by atoms with Crippen LogP contribution in [0, 0.1) is 0 Å². The smallest absolute Gasteiger partial charge is 0.191 e. The van der Waals surface area contributed by atoms with E-state index in [9.17, 15) is 0 Å². The van der Waals surface area contributed by atoms with E-state index in [0.717, 1.165) is 36.9 Å². The van der Waals surface area contributed by atoms with Crippen molar-refractivity contribution in [1.82, 2.24) is 15.6 Å². The fraction of sp³-hybridized carbons (Fsp3) is 0.474. The average Bonchev–Trinajstić information content (AvgIpc) is 3.28. The van der Waals surface area contributed by atoms with Crippen LogP contribution in [0.1, 0.15) is 35.2 Å². The maximum atomic E-state index is 6.00. The summed E-state index contributed by atoms with van der Waals surface area (Å²) >= 11 is 7.80. The number of nitrogens with one attached hydrogen (secondary N) is 2. The molecule has 134 valence electrons. The zero-order valence-corrected chi connectivity index (χ0v) is 16.4. The number of thiazole rings is 1. The van der Waals surface area contributed by atoms with Gasteiger partial charge in [-0.1, -0.05) is 30.7 Å². The molecular weight excluding hydrogens is 352 g/mol. The molecule has 0 amide bonds. The second kappa shape index (κ2) is 8.19. The number of hydrogen-bond donors (Lipinski definition) is 2. The molecule has 1 heterocycles. The van der Waals surface area contributed by atoms with Crippen LogP contribution in [0.25, 0.3) is 0 Å². The van der Waals surface area contributed by atoms with E-state index in [4.69, 9.17) is 11.6 Å². The first-order valence-electron chi connectivity index (χ1n) is 8.79. The Morgan fingerprint density at radius 3 is 2.64 bits per heavy atom. The van der Waals surface area contributed by atoms with Gasteiger partial charge in [0.05, 0.1) is 5.01 Å². The molecule has 0 atom stereocenters. The first-order chi connectivity index (χ1) is 12.1. The topological polar surface area (TPSA) is 49.3 Å². The molecule has 0 aliphatic heterocycles. The maximum Gasteiger partial charge on any atom is 0.191 e. The predicted molar refractivity (Wildman–Crippen MR) is 107 cm³/mol. The molecule has 1 aromatic carbocycles. The molecule has 4 nitrogen and oxygen atoms in total. The van der Waals surface area contributed by atoms with Gasteiger partial charge >= 0.3 is 0 Å². The second-order valence-corrected chi connectivity index (χ2v) is 8.10. The highest BCUT2D eigenvalue weighted by Crippen LogP contribution is 2.47. The van der Waals surface area contributed by atoms with E-state index in [2.05, 4.69) is 39.7 Å². The van der Waals surface area contributed by atoms with E-state index in [-0.39, 0.29) is 5.41 Å². The van der Waals surface area contributed by atoms with Gasteiger partial charge in [0.25, 0.3) is 0 Å². The number of aliphatic imine (C=N–C) groups is 1. The molecule has 0 bridgehead atoms. The van der Waals surface area contributed by atoms with Crippen molar-refractivity contribution in [2.45, 2.75) is 38.0 Å². The van der Waals surface area contributed by atoms with Crippen LogP contribution in [0.4, 0.5) is 0 Å². The summed E-state index contributed by atoms with van der Waals surface area (Å²) in [6.07, 6.45) is 6.37. The van der Waals surface area contributed by atoms with E-state index in [1.165, 1.54) is 28.3 Å². The molecular formula is C19H25ClN4S. The largest absolute Gasteiger partial charge is 0.356 e. The molecule has 1 fully saturated rings. The Morgan fingerprint density at radius 1 is 1.28 bits per heavy atom. The SMILES string of the molecule is CCc1cnc(CCNC(=NC)NCC2(c3ccc(Cl)cc3)CC2)s1. The minimum absolute atomic E-state index is 0.230. The molecule has 0 radical (unpaired) electrons. The van der Waals surface area contributed by atoms with Gasteiger partial charge in [0.15, 0.2) is 5.96 Å². The zero-order valence-electron chi connectivity index (χ0n) is 14.8. The number of halogens is 1. The van der Waals surface area contributed by atoms with Gasteiger partial charge in [-0.2, -0.15) is 0 Å². The van der Waals surface area contributed by atoms with Gasteiger partial charge in [0.1, 0.15) is 0 Å². The summed E-state index contributed by atoms with van der Waals surface area (Å²) in [6.45, 7) is 3.89. The lowest BCUT2D eigenvalue weighted by Gasteiger charge is -2.19. The Hall–Kier alpha value is -1.59. The highest BCUT2D eigenvalue weighted by molar-refractivity contribution is 7.11. The Balaban J connectivity index is 1.47. The van der Waals surface area contributed by atoms with Gasteiger partial charge in [-0.3, -0.25) is 4.99 Å². The Morgan fingerprint density at radius 2 is 2.04 bits per heavy atom. The maximum absolute atomic E-state index is 6.00. The van der Waals surface area contributed by atoms with Crippen LogP contribution in [0.15, 0.2) is 35.5 Å². The van der Waals surface area contributed by atoms with E-state index < -0.39 is 0 Å². The lowest BCUT2D eigenvalue weighted by atomic mass is 9.96. The summed E-state index contributed by atoms with van der Waals surface area (Å²) in [5.74, 6) is 0.854. The highest BCUT2D eigenvalue weighted by Gasteiger charge is 2.44. The summed E-state index contributed by atoms with van der Waals surface area (Å²) in [7, 11) is 1.82. The van der Waals surface area contributed by atoms with Crippen LogP contribution in [0.5, 0.6) is 0 Å². The number of aromatic nitrogens is 1. The van der Waals surface area contributed by atoms with Crippen LogP contribution >= 0.6 is 22.9 Å². The monoisotopic (exact) mass is 376 g/mol. The van der Waals surface area contributed by atoms with Crippen molar-refractivity contribution in [3.05, 3.63) is 50.9 Å². The van der Waals surface area contributed by atoms with Crippen molar-refractivity contribution in [2.75, 3.05) is 20.1 Å². The lowest BCUT2D eigenvalue weighted by molar-refractivity contribution is 0.645. The molecule has 25 heavy (non-hydrogen) atoms. The van der Waals surface area contributed by atoms with Gasteiger partial charge in [-0.05, 0) is 37.0 Å². The standard InChI is InChI=1S/C19H25ClN4S/c1-3-16-12-23-17(25-16)8-11-22-18(21-2)24-13-19(9-10-19)14-4-6-15(20)7-5-14/h4-7,12H,3,8-11,13H2,1-2H3,(H2,21,22,24). The third kappa shape index (κ3) is 4.73. The number of benzene rings is 1. The minimum atomic E-state index is 0.230. The van der Waals surface area contributed by atoms with Gasteiger partial charge < -0.3 is 10.6 Å². The van der Waals surface area contributed by atoms with Gasteiger partial charge in [-0.25, -0.2) is 4.98 Å². The molecule has 0 unspecified atom stereocenters. The normalized spacial score (nSPS) is 15.9. The Bertz CT molecular complexity index is 719. The summed E-state index contributed by atoms with van der Waals surface area (Å²) in [5.41, 5.74) is 1.59. The lowest BCUT2D eigenvalue weighted by Crippen LogP contribution is -2.41. The molecule has 0 saturated heterocycles. The molecule has 3 rings (SSSR count). The highest BCUT2D eigenvalue weighted by atomic mass is 35.5. The fourth-order valence-electron chi connectivity index (χ4n) is 2.91. The molecule has 1 saturated carbocycles. The van der Waals surface area contributed by atoms with Gasteiger partial charge in [0, 0.05) is 48.1 Å². The molecule has 6 heteroatoms. The van der Waals surface area contributed by atoms with Crippen molar-refractivity contribution in [1.29, 1.82) is 0 Å². The number of rotatable bonds is 7. The van der Waals surface area contributed by atoms with Gasteiger partial charge in [0.2, 0.25) is 0 Å². The third-order valence-electron chi connectivity index (χ3n) is 4.71. The molecule has 2 aromatic rings. The summed E-state index contributed by atoms with van der Waals surface area (Å²) in [4.78, 5) is 10.1. The first-order valence-corrected chi connectivity index (χ1v) is 9.99.